The number of fused-ring (bicyclic) bond motifs is 1. The van der Waals surface area contributed by atoms with E-state index in [1.807, 2.05) is 17.7 Å². The third-order valence-electron chi connectivity index (χ3n) is 2.66. The van der Waals surface area contributed by atoms with Gasteiger partial charge < -0.3 is 10.3 Å². The number of nitrogens with zero attached hydrogens (tertiary/aromatic N) is 1. The molecule has 0 aliphatic carbocycles. The van der Waals surface area contributed by atoms with Crippen LogP contribution in [0.3, 0.4) is 0 Å². The molecule has 0 saturated heterocycles. The van der Waals surface area contributed by atoms with Gasteiger partial charge in [-0.2, -0.15) is 0 Å². The first-order valence-corrected chi connectivity index (χ1v) is 4.95. The summed E-state index contributed by atoms with van der Waals surface area (Å²) in [5.74, 6) is -0.153. The number of aldehydes is 1. The van der Waals surface area contributed by atoms with E-state index in [-0.39, 0.29) is 12.3 Å². The van der Waals surface area contributed by atoms with E-state index in [9.17, 15) is 9.59 Å². The van der Waals surface area contributed by atoms with Crippen molar-refractivity contribution in [2.75, 3.05) is 6.54 Å². The molecule has 0 radical (unpaired) electrons. The zero-order chi connectivity index (χ0) is 11.7. The maximum atomic E-state index is 11.7. The second-order valence-corrected chi connectivity index (χ2v) is 3.64. The van der Waals surface area contributed by atoms with Gasteiger partial charge in [0.1, 0.15) is 0 Å². The van der Waals surface area contributed by atoms with Crippen molar-refractivity contribution in [3.8, 4) is 0 Å². The van der Waals surface area contributed by atoms with Gasteiger partial charge in [0.2, 0.25) is 0 Å². The largest absolute Gasteiger partial charge is 0.350 e. The predicted octanol–water partition coefficient (Wildman–Crippen LogP) is 1.13. The number of aryl methyl sites for hydroxylation is 1. The summed E-state index contributed by atoms with van der Waals surface area (Å²) in [5, 5.41) is 0.690. The molecule has 0 unspecified atom stereocenters. The van der Waals surface area contributed by atoms with Gasteiger partial charge in [-0.25, -0.2) is 0 Å². The molecular weight excluding hydrogens is 204 g/mol. The number of nitrogens with two attached hydrogens (primary N) is 1. The van der Waals surface area contributed by atoms with Crippen LogP contribution in [0.1, 0.15) is 20.7 Å². The lowest BCUT2D eigenvalue weighted by atomic mass is 10.0. The Kier molecular flexibility index (Phi) is 2.58. The average molecular weight is 216 g/mol. The highest BCUT2D eigenvalue weighted by Crippen LogP contribution is 2.23. The molecule has 2 aromatic rings. The number of rotatable bonds is 3. The summed E-state index contributed by atoms with van der Waals surface area (Å²) in [7, 11) is 1.84. The molecule has 0 saturated carbocycles. The summed E-state index contributed by atoms with van der Waals surface area (Å²) in [5.41, 5.74) is 7.25. The molecule has 0 atom stereocenters. The average Bonchev–Trinajstić information content (AvgIpc) is 2.66. The first-order valence-electron chi connectivity index (χ1n) is 4.95. The fourth-order valence-electron chi connectivity index (χ4n) is 1.89. The lowest BCUT2D eigenvalue weighted by Crippen LogP contribution is -2.13. The van der Waals surface area contributed by atoms with Crippen LogP contribution in [0, 0.1) is 0 Å². The zero-order valence-electron chi connectivity index (χ0n) is 8.93. The van der Waals surface area contributed by atoms with Crippen molar-refractivity contribution in [3.63, 3.8) is 0 Å². The lowest BCUT2D eigenvalue weighted by molar-refractivity contribution is 0.100. The lowest BCUT2D eigenvalue weighted by Gasteiger charge is -1.99. The van der Waals surface area contributed by atoms with E-state index in [0.29, 0.717) is 16.5 Å². The second kappa shape index (κ2) is 3.90. The summed E-state index contributed by atoms with van der Waals surface area (Å²) in [6.07, 6.45) is 2.47. The number of aromatic nitrogens is 1. The monoisotopic (exact) mass is 216 g/mol. The molecule has 0 aliphatic rings. The molecule has 4 nitrogen and oxygen atoms in total. The van der Waals surface area contributed by atoms with Crippen LogP contribution in [-0.4, -0.2) is 23.2 Å². The number of benzene rings is 1. The first-order chi connectivity index (χ1) is 7.69. The van der Waals surface area contributed by atoms with Gasteiger partial charge in [0.25, 0.3) is 0 Å². The van der Waals surface area contributed by atoms with Crippen LogP contribution in [0.25, 0.3) is 10.9 Å². The molecule has 0 amide bonds. The fraction of sp³-hybridized carbons (Fsp3) is 0.167. The molecule has 0 bridgehead atoms. The molecule has 2 N–H and O–H groups in total. The Bertz CT molecular complexity index is 570. The SMILES string of the molecule is Cn1cc(C(=O)CN)c2c(C=O)cccc21. The quantitative estimate of drug-likeness (QED) is 0.618. The van der Waals surface area contributed by atoms with Crippen LogP contribution in [0.5, 0.6) is 0 Å². The van der Waals surface area contributed by atoms with Crippen LogP contribution in [0.2, 0.25) is 0 Å². The Hall–Kier alpha value is -1.94. The van der Waals surface area contributed by atoms with E-state index in [1.165, 1.54) is 0 Å². The number of hydrogen-bond acceptors (Lipinski definition) is 3. The standard InChI is InChI=1S/C12H12N2O2/c1-14-6-9(11(16)5-13)12-8(7-15)3-2-4-10(12)14/h2-4,6-7H,5,13H2,1H3. The Labute approximate surface area is 92.7 Å². The summed E-state index contributed by atoms with van der Waals surface area (Å²) in [6.45, 7) is -0.0493. The van der Waals surface area contributed by atoms with Crippen molar-refractivity contribution in [1.29, 1.82) is 0 Å². The number of hydrogen-bond donors (Lipinski definition) is 1. The van der Waals surface area contributed by atoms with Crippen LogP contribution >= 0.6 is 0 Å². The molecule has 1 heterocycles. The number of carbonyl (C=O) groups excluding carboxylic acids is 2. The van der Waals surface area contributed by atoms with Crippen molar-refractivity contribution >= 4 is 23.0 Å². The third kappa shape index (κ3) is 1.44. The summed E-state index contributed by atoms with van der Waals surface area (Å²) >= 11 is 0. The molecule has 4 heteroatoms. The van der Waals surface area contributed by atoms with Gasteiger partial charge in [0.05, 0.1) is 6.54 Å². The van der Waals surface area contributed by atoms with Crippen molar-refractivity contribution in [3.05, 3.63) is 35.5 Å². The highest BCUT2D eigenvalue weighted by Gasteiger charge is 2.15. The van der Waals surface area contributed by atoms with Gasteiger partial charge in [-0.05, 0) is 6.07 Å². The highest BCUT2D eigenvalue weighted by atomic mass is 16.1. The van der Waals surface area contributed by atoms with E-state index >= 15 is 0 Å². The van der Waals surface area contributed by atoms with E-state index in [0.717, 1.165) is 11.8 Å². The molecular formula is C12H12N2O2. The smallest absolute Gasteiger partial charge is 0.178 e. The predicted molar refractivity (Wildman–Crippen MR) is 61.7 cm³/mol. The molecule has 1 aromatic carbocycles. The van der Waals surface area contributed by atoms with Crippen molar-refractivity contribution in [2.45, 2.75) is 0 Å². The second-order valence-electron chi connectivity index (χ2n) is 3.64. The van der Waals surface area contributed by atoms with E-state index < -0.39 is 0 Å². The van der Waals surface area contributed by atoms with Crippen LogP contribution in [0.15, 0.2) is 24.4 Å². The van der Waals surface area contributed by atoms with Crippen LogP contribution < -0.4 is 5.73 Å². The highest BCUT2D eigenvalue weighted by molar-refractivity contribution is 6.13. The summed E-state index contributed by atoms with van der Waals surface area (Å²) in [6, 6.07) is 5.36. The van der Waals surface area contributed by atoms with E-state index in [1.54, 1.807) is 18.3 Å². The Morgan fingerprint density at radius 3 is 2.88 bits per heavy atom. The maximum absolute atomic E-state index is 11.7. The molecule has 16 heavy (non-hydrogen) atoms. The summed E-state index contributed by atoms with van der Waals surface area (Å²) < 4.78 is 1.82. The Balaban J connectivity index is 2.84. The van der Waals surface area contributed by atoms with Crippen molar-refractivity contribution in [1.82, 2.24) is 4.57 Å². The number of carbonyl (C=O) groups is 2. The molecule has 1 aromatic heterocycles. The normalized spacial score (nSPS) is 10.6. The third-order valence-corrected chi connectivity index (χ3v) is 2.66. The number of Topliss-reactive ketones (excluding diaryl/α,β-unsaturated/α-hetero) is 1. The van der Waals surface area contributed by atoms with Crippen molar-refractivity contribution in [2.24, 2.45) is 12.8 Å². The van der Waals surface area contributed by atoms with E-state index in [4.69, 9.17) is 5.73 Å². The maximum Gasteiger partial charge on any atom is 0.178 e. The molecule has 82 valence electrons. The minimum absolute atomic E-state index is 0.0493. The fourth-order valence-corrected chi connectivity index (χ4v) is 1.89. The Morgan fingerprint density at radius 2 is 2.25 bits per heavy atom. The minimum atomic E-state index is -0.153. The first kappa shape index (κ1) is 10.6. The Morgan fingerprint density at radius 1 is 1.50 bits per heavy atom. The molecule has 2 rings (SSSR count). The number of ketones is 1. The summed E-state index contributed by atoms with van der Waals surface area (Å²) in [4.78, 5) is 22.6. The molecule has 0 aliphatic heterocycles. The van der Waals surface area contributed by atoms with Gasteiger partial charge >= 0.3 is 0 Å². The van der Waals surface area contributed by atoms with Gasteiger partial charge in [0, 0.05) is 35.3 Å². The topological polar surface area (TPSA) is 65.1 Å². The van der Waals surface area contributed by atoms with Gasteiger partial charge in [-0.3, -0.25) is 9.59 Å². The van der Waals surface area contributed by atoms with Gasteiger partial charge in [-0.15, -0.1) is 0 Å². The van der Waals surface area contributed by atoms with E-state index in [2.05, 4.69) is 0 Å². The minimum Gasteiger partial charge on any atom is -0.350 e. The van der Waals surface area contributed by atoms with Gasteiger partial charge in [0.15, 0.2) is 12.1 Å². The zero-order valence-corrected chi connectivity index (χ0v) is 8.93. The van der Waals surface area contributed by atoms with Crippen molar-refractivity contribution < 1.29 is 9.59 Å². The van der Waals surface area contributed by atoms with Gasteiger partial charge in [-0.1, -0.05) is 12.1 Å². The molecule has 0 spiro atoms. The van der Waals surface area contributed by atoms with Crippen LogP contribution in [-0.2, 0) is 7.05 Å². The van der Waals surface area contributed by atoms with Crippen LogP contribution in [0.4, 0.5) is 0 Å². The molecule has 0 fully saturated rings.